The van der Waals surface area contributed by atoms with Gasteiger partial charge in [-0.05, 0) is 29.9 Å². The Morgan fingerprint density at radius 2 is 2.21 bits per heavy atom. The van der Waals surface area contributed by atoms with Crippen LogP contribution < -0.4 is 0 Å². The molecule has 0 aromatic heterocycles. The molecule has 0 amide bonds. The van der Waals surface area contributed by atoms with Crippen LogP contribution in [0.2, 0.25) is 0 Å². The zero-order chi connectivity index (χ0) is 10.1. The van der Waals surface area contributed by atoms with E-state index >= 15 is 0 Å². The van der Waals surface area contributed by atoms with Crippen LogP contribution >= 0.6 is 0 Å². The molecule has 0 saturated carbocycles. The van der Waals surface area contributed by atoms with Crippen molar-refractivity contribution < 1.29 is 9.90 Å². The molecule has 0 spiro atoms. The van der Waals surface area contributed by atoms with Gasteiger partial charge in [0.2, 0.25) is 0 Å². The van der Waals surface area contributed by atoms with Crippen molar-refractivity contribution >= 4 is 5.97 Å². The van der Waals surface area contributed by atoms with E-state index in [1.807, 2.05) is 12.1 Å². The lowest BCUT2D eigenvalue weighted by Crippen LogP contribution is -2.16. The topological polar surface area (TPSA) is 37.3 Å². The van der Waals surface area contributed by atoms with E-state index in [9.17, 15) is 4.79 Å². The third-order valence-electron chi connectivity index (χ3n) is 3.17. The summed E-state index contributed by atoms with van der Waals surface area (Å²) in [6, 6.07) is 8.18. The molecule has 2 atom stereocenters. The van der Waals surface area contributed by atoms with Crippen molar-refractivity contribution in [3.05, 3.63) is 35.4 Å². The van der Waals surface area contributed by atoms with Crippen LogP contribution in [0, 0.1) is 5.92 Å². The molecule has 1 aromatic rings. The Morgan fingerprint density at radius 1 is 1.50 bits per heavy atom. The average molecular weight is 190 g/mol. The Bertz CT molecular complexity index is 357. The van der Waals surface area contributed by atoms with Crippen molar-refractivity contribution in [1.29, 1.82) is 0 Å². The zero-order valence-electron chi connectivity index (χ0n) is 8.23. The molecule has 1 aliphatic carbocycles. The van der Waals surface area contributed by atoms with E-state index in [0.29, 0.717) is 0 Å². The van der Waals surface area contributed by atoms with E-state index in [-0.39, 0.29) is 11.8 Å². The number of benzene rings is 1. The second kappa shape index (κ2) is 3.45. The van der Waals surface area contributed by atoms with Crippen LogP contribution in [0.25, 0.3) is 0 Å². The first-order valence-electron chi connectivity index (χ1n) is 5.00. The lowest BCUT2D eigenvalue weighted by Gasteiger charge is -2.15. The fraction of sp³-hybridized carbons (Fsp3) is 0.417. The number of carboxylic acid groups (broad SMARTS) is 1. The molecule has 0 bridgehead atoms. The van der Waals surface area contributed by atoms with Crippen molar-refractivity contribution in [2.75, 3.05) is 0 Å². The molecule has 1 aliphatic rings. The zero-order valence-corrected chi connectivity index (χ0v) is 8.23. The van der Waals surface area contributed by atoms with Crippen LogP contribution in [0.4, 0.5) is 0 Å². The molecule has 0 heterocycles. The molecule has 1 N–H and O–H groups in total. The van der Waals surface area contributed by atoms with Gasteiger partial charge in [0.05, 0.1) is 5.92 Å². The van der Waals surface area contributed by atoms with Gasteiger partial charge in [-0.15, -0.1) is 0 Å². The molecule has 1 unspecified atom stereocenters. The van der Waals surface area contributed by atoms with E-state index in [4.69, 9.17) is 5.11 Å². The highest BCUT2D eigenvalue weighted by molar-refractivity contribution is 5.71. The fourth-order valence-corrected chi connectivity index (χ4v) is 2.28. The van der Waals surface area contributed by atoms with Crippen molar-refractivity contribution in [3.63, 3.8) is 0 Å². The highest BCUT2D eigenvalue weighted by Gasteiger charge is 2.30. The average Bonchev–Trinajstić information content (AvgIpc) is 2.60. The minimum absolute atomic E-state index is 0.212. The van der Waals surface area contributed by atoms with Crippen LogP contribution in [-0.4, -0.2) is 11.1 Å². The Hall–Kier alpha value is -1.31. The van der Waals surface area contributed by atoms with Crippen LogP contribution in [0.3, 0.4) is 0 Å². The van der Waals surface area contributed by atoms with Crippen LogP contribution in [0.1, 0.15) is 30.4 Å². The molecule has 0 fully saturated rings. The van der Waals surface area contributed by atoms with Gasteiger partial charge in [-0.1, -0.05) is 31.2 Å². The van der Waals surface area contributed by atoms with Gasteiger partial charge < -0.3 is 5.11 Å². The molecule has 2 nitrogen and oxygen atoms in total. The molecule has 0 aliphatic heterocycles. The normalized spacial score (nSPS) is 21.6. The first-order chi connectivity index (χ1) is 6.70. The molecule has 0 saturated heterocycles. The van der Waals surface area contributed by atoms with Crippen molar-refractivity contribution in [3.8, 4) is 0 Å². The summed E-state index contributed by atoms with van der Waals surface area (Å²) in [5.74, 6) is -0.742. The first kappa shape index (κ1) is 9.25. The number of aliphatic carboxylic acids is 1. The van der Waals surface area contributed by atoms with Crippen molar-refractivity contribution in [2.24, 2.45) is 5.92 Å². The summed E-state index contributed by atoms with van der Waals surface area (Å²) in [7, 11) is 0. The van der Waals surface area contributed by atoms with Gasteiger partial charge >= 0.3 is 5.97 Å². The maximum atomic E-state index is 10.9. The lowest BCUT2D eigenvalue weighted by atomic mass is 9.89. The SMILES string of the molecule is C[C@H](C(=O)O)C1CCc2ccccc21. The van der Waals surface area contributed by atoms with Gasteiger partial charge in [0, 0.05) is 0 Å². The van der Waals surface area contributed by atoms with E-state index in [1.165, 1.54) is 11.1 Å². The predicted octanol–water partition coefficient (Wildman–Crippen LogP) is 2.44. The molecule has 0 radical (unpaired) electrons. The Labute approximate surface area is 83.6 Å². The van der Waals surface area contributed by atoms with Crippen LogP contribution in [0.15, 0.2) is 24.3 Å². The number of aryl methyl sites for hydroxylation is 1. The quantitative estimate of drug-likeness (QED) is 0.777. The molecule has 74 valence electrons. The summed E-state index contributed by atoms with van der Waals surface area (Å²) in [5.41, 5.74) is 2.56. The van der Waals surface area contributed by atoms with Crippen molar-refractivity contribution in [1.82, 2.24) is 0 Å². The summed E-state index contributed by atoms with van der Waals surface area (Å²) in [5, 5.41) is 8.97. The maximum Gasteiger partial charge on any atom is 0.306 e. The molecular formula is C12H14O2. The standard InChI is InChI=1S/C12H14O2/c1-8(12(13)14)10-7-6-9-4-2-3-5-11(9)10/h2-5,8,10H,6-7H2,1H3,(H,13,14)/t8-,10?/m0/s1. The van der Waals surface area contributed by atoms with Crippen LogP contribution in [0.5, 0.6) is 0 Å². The number of hydrogen-bond donors (Lipinski definition) is 1. The number of rotatable bonds is 2. The Kier molecular flexibility index (Phi) is 2.28. The smallest absolute Gasteiger partial charge is 0.306 e. The second-order valence-corrected chi connectivity index (χ2v) is 3.97. The van der Waals surface area contributed by atoms with Gasteiger partial charge in [0.15, 0.2) is 0 Å². The van der Waals surface area contributed by atoms with Gasteiger partial charge in [-0.2, -0.15) is 0 Å². The molecular weight excluding hydrogens is 176 g/mol. The highest BCUT2D eigenvalue weighted by atomic mass is 16.4. The first-order valence-corrected chi connectivity index (χ1v) is 5.00. The third-order valence-corrected chi connectivity index (χ3v) is 3.17. The second-order valence-electron chi connectivity index (χ2n) is 3.97. The monoisotopic (exact) mass is 190 g/mol. The summed E-state index contributed by atoms with van der Waals surface area (Å²) in [4.78, 5) is 10.9. The van der Waals surface area contributed by atoms with Crippen molar-refractivity contribution in [2.45, 2.75) is 25.7 Å². The van der Waals surface area contributed by atoms with Gasteiger partial charge in [0.25, 0.3) is 0 Å². The molecule has 2 heteroatoms. The minimum Gasteiger partial charge on any atom is -0.481 e. The summed E-state index contributed by atoms with van der Waals surface area (Å²) < 4.78 is 0. The van der Waals surface area contributed by atoms with Crippen LogP contribution in [-0.2, 0) is 11.2 Å². The largest absolute Gasteiger partial charge is 0.481 e. The maximum absolute atomic E-state index is 10.9. The summed E-state index contributed by atoms with van der Waals surface area (Å²) >= 11 is 0. The summed E-state index contributed by atoms with van der Waals surface area (Å²) in [6.45, 7) is 1.80. The predicted molar refractivity (Wildman–Crippen MR) is 54.3 cm³/mol. The Morgan fingerprint density at radius 3 is 2.93 bits per heavy atom. The van der Waals surface area contributed by atoms with Gasteiger partial charge in [-0.25, -0.2) is 0 Å². The number of fused-ring (bicyclic) bond motifs is 1. The number of hydrogen-bond acceptors (Lipinski definition) is 1. The van der Waals surface area contributed by atoms with Gasteiger partial charge in [0.1, 0.15) is 0 Å². The third kappa shape index (κ3) is 1.41. The number of carboxylic acids is 1. The molecule has 14 heavy (non-hydrogen) atoms. The van der Waals surface area contributed by atoms with E-state index in [2.05, 4.69) is 12.1 Å². The lowest BCUT2D eigenvalue weighted by molar-refractivity contribution is -0.141. The van der Waals surface area contributed by atoms with E-state index in [1.54, 1.807) is 6.92 Å². The highest BCUT2D eigenvalue weighted by Crippen LogP contribution is 2.38. The molecule has 2 rings (SSSR count). The fourth-order valence-electron chi connectivity index (χ4n) is 2.28. The molecule has 1 aromatic carbocycles. The number of carbonyl (C=O) groups is 1. The van der Waals surface area contributed by atoms with Gasteiger partial charge in [-0.3, -0.25) is 4.79 Å². The van der Waals surface area contributed by atoms with E-state index in [0.717, 1.165) is 12.8 Å². The minimum atomic E-state index is -0.688. The Balaban J connectivity index is 2.30. The summed E-state index contributed by atoms with van der Waals surface area (Å²) in [6.07, 6.45) is 2.01. The van der Waals surface area contributed by atoms with E-state index < -0.39 is 5.97 Å².